The number of hydrogen-bond acceptors (Lipinski definition) is 5. The maximum Gasteiger partial charge on any atom is 0.285 e. The van der Waals surface area contributed by atoms with Crippen LogP contribution in [0.5, 0.6) is 5.75 Å². The molecule has 158 valence electrons. The molecular weight excluding hydrogens is 519 g/mol. The van der Waals surface area contributed by atoms with E-state index in [4.69, 9.17) is 16.3 Å². The third kappa shape index (κ3) is 4.66. The molecule has 30 heavy (non-hydrogen) atoms. The first-order chi connectivity index (χ1) is 14.2. The average molecular weight is 534 g/mol. The summed E-state index contributed by atoms with van der Waals surface area (Å²) in [6.07, 6.45) is 0. The number of thioether (sulfide) groups is 1. The van der Waals surface area contributed by atoms with Crippen LogP contribution in [0.4, 0.5) is 10.1 Å². The second kappa shape index (κ2) is 8.49. The number of nitrogens with zero attached hydrogens (tertiary/aromatic N) is 2. The van der Waals surface area contributed by atoms with E-state index in [9.17, 15) is 17.6 Å². The van der Waals surface area contributed by atoms with Crippen LogP contribution in [0.2, 0.25) is 5.02 Å². The summed E-state index contributed by atoms with van der Waals surface area (Å²) in [6.45, 7) is -0.310. The third-order valence-corrected chi connectivity index (χ3v) is 8.59. The van der Waals surface area contributed by atoms with Crippen molar-refractivity contribution in [3.05, 3.63) is 57.8 Å². The van der Waals surface area contributed by atoms with Gasteiger partial charge in [-0.05, 0) is 42.5 Å². The number of sulfone groups is 1. The largest absolute Gasteiger partial charge is 0.484 e. The molecule has 4 rings (SSSR count). The molecule has 11 heteroatoms. The molecule has 0 aromatic heterocycles. The molecular formula is C19H15BrClFN2O4S2. The summed E-state index contributed by atoms with van der Waals surface area (Å²) >= 11 is 10.2. The molecule has 2 aliphatic rings. The molecule has 0 saturated carbocycles. The molecule has 2 aromatic rings. The number of fused-ring (bicyclic) bond motifs is 1. The van der Waals surface area contributed by atoms with Crippen LogP contribution in [-0.4, -0.2) is 48.9 Å². The standard InChI is InChI=1S/C19H15BrClFN2O4S2/c20-11-1-6-15(14(22)7-11)24-16-9-30(26,27)10-17(16)29-19(24)23-18(25)8-28-13-4-2-12(21)3-5-13/h1-7,16-17H,8-10H2/t16-,17+/m1/s1. The van der Waals surface area contributed by atoms with Crippen LogP contribution < -0.4 is 9.64 Å². The van der Waals surface area contributed by atoms with E-state index in [2.05, 4.69) is 20.9 Å². The summed E-state index contributed by atoms with van der Waals surface area (Å²) in [5.41, 5.74) is 0.181. The van der Waals surface area contributed by atoms with Crippen LogP contribution in [0.3, 0.4) is 0 Å². The number of hydrogen-bond donors (Lipinski definition) is 0. The number of halogens is 3. The van der Waals surface area contributed by atoms with Crippen LogP contribution >= 0.6 is 39.3 Å². The van der Waals surface area contributed by atoms with Crippen LogP contribution in [-0.2, 0) is 14.6 Å². The Kier molecular flexibility index (Phi) is 6.11. The van der Waals surface area contributed by atoms with Crippen molar-refractivity contribution in [3.8, 4) is 5.75 Å². The van der Waals surface area contributed by atoms with Crippen molar-refractivity contribution in [2.75, 3.05) is 23.0 Å². The number of carbonyl (C=O) groups is 1. The van der Waals surface area contributed by atoms with E-state index in [0.29, 0.717) is 15.2 Å². The lowest BCUT2D eigenvalue weighted by Gasteiger charge is -2.25. The monoisotopic (exact) mass is 532 g/mol. The highest BCUT2D eigenvalue weighted by Crippen LogP contribution is 2.42. The van der Waals surface area contributed by atoms with Gasteiger partial charge in [0.1, 0.15) is 11.6 Å². The number of ether oxygens (including phenoxy) is 1. The lowest BCUT2D eigenvalue weighted by atomic mass is 10.2. The Balaban J connectivity index is 1.58. The Hall–Kier alpha value is -1.62. The van der Waals surface area contributed by atoms with Gasteiger partial charge in [0.25, 0.3) is 5.91 Å². The minimum Gasteiger partial charge on any atom is -0.484 e. The van der Waals surface area contributed by atoms with Crippen LogP contribution in [0, 0.1) is 5.82 Å². The van der Waals surface area contributed by atoms with E-state index in [1.807, 2.05) is 0 Å². The van der Waals surface area contributed by atoms with Crippen LogP contribution in [0.25, 0.3) is 0 Å². The highest BCUT2D eigenvalue weighted by atomic mass is 79.9. The molecule has 2 saturated heterocycles. The first-order valence-electron chi connectivity index (χ1n) is 8.83. The van der Waals surface area contributed by atoms with E-state index in [0.717, 1.165) is 0 Å². The van der Waals surface area contributed by atoms with Gasteiger partial charge in [0.05, 0.1) is 23.2 Å². The van der Waals surface area contributed by atoms with Gasteiger partial charge in [-0.1, -0.05) is 39.3 Å². The summed E-state index contributed by atoms with van der Waals surface area (Å²) in [7, 11) is -3.24. The molecule has 2 atom stereocenters. The Morgan fingerprint density at radius 1 is 1.27 bits per heavy atom. The third-order valence-electron chi connectivity index (χ3n) is 4.63. The van der Waals surface area contributed by atoms with E-state index in [1.165, 1.54) is 28.8 Å². The average Bonchev–Trinajstić information content (AvgIpc) is 3.13. The zero-order valence-electron chi connectivity index (χ0n) is 15.3. The van der Waals surface area contributed by atoms with Crippen molar-refractivity contribution in [1.29, 1.82) is 0 Å². The fourth-order valence-corrected chi connectivity index (χ4v) is 7.72. The van der Waals surface area contributed by atoms with E-state index in [-0.39, 0.29) is 34.2 Å². The predicted octanol–water partition coefficient (Wildman–Crippen LogP) is 3.92. The zero-order valence-corrected chi connectivity index (χ0v) is 19.3. The van der Waals surface area contributed by atoms with Crippen LogP contribution in [0.1, 0.15) is 0 Å². The Morgan fingerprint density at radius 3 is 2.70 bits per heavy atom. The van der Waals surface area contributed by atoms with Crippen molar-refractivity contribution in [2.45, 2.75) is 11.3 Å². The van der Waals surface area contributed by atoms with Gasteiger partial charge in [0.15, 0.2) is 21.6 Å². The molecule has 2 aliphatic heterocycles. The van der Waals surface area contributed by atoms with E-state index in [1.54, 1.807) is 30.3 Å². The minimum atomic E-state index is -3.24. The Morgan fingerprint density at radius 2 is 2.00 bits per heavy atom. The first kappa shape index (κ1) is 21.6. The van der Waals surface area contributed by atoms with Crippen LogP contribution in [0.15, 0.2) is 51.9 Å². The van der Waals surface area contributed by atoms with Gasteiger partial charge in [0, 0.05) is 14.7 Å². The number of rotatable bonds is 4. The fourth-order valence-electron chi connectivity index (χ4n) is 3.34. The van der Waals surface area contributed by atoms with Crippen molar-refractivity contribution >= 4 is 65.9 Å². The molecule has 2 heterocycles. The van der Waals surface area contributed by atoms with Gasteiger partial charge in [-0.15, -0.1) is 0 Å². The molecule has 2 aromatic carbocycles. The first-order valence-corrected chi connectivity index (χ1v) is 12.7. The Bertz CT molecular complexity index is 1130. The molecule has 1 amide bonds. The number of amides is 1. The molecule has 6 nitrogen and oxygen atoms in total. The van der Waals surface area contributed by atoms with Crippen molar-refractivity contribution in [2.24, 2.45) is 4.99 Å². The minimum absolute atomic E-state index is 0.0362. The van der Waals surface area contributed by atoms with Gasteiger partial charge in [-0.3, -0.25) is 4.79 Å². The molecule has 0 N–H and O–H groups in total. The van der Waals surface area contributed by atoms with Crippen molar-refractivity contribution in [3.63, 3.8) is 0 Å². The lowest BCUT2D eigenvalue weighted by molar-refractivity contribution is -0.119. The molecule has 0 radical (unpaired) electrons. The number of amidine groups is 1. The topological polar surface area (TPSA) is 76.0 Å². The Labute approximate surface area is 190 Å². The number of benzene rings is 2. The summed E-state index contributed by atoms with van der Waals surface area (Å²) in [5, 5.41) is 0.498. The van der Waals surface area contributed by atoms with Gasteiger partial charge < -0.3 is 9.64 Å². The molecule has 0 unspecified atom stereocenters. The van der Waals surface area contributed by atoms with Crippen molar-refractivity contribution in [1.82, 2.24) is 0 Å². The van der Waals surface area contributed by atoms with Gasteiger partial charge >= 0.3 is 0 Å². The van der Waals surface area contributed by atoms with Gasteiger partial charge in [-0.25, -0.2) is 12.8 Å². The maximum atomic E-state index is 14.7. The summed E-state index contributed by atoms with van der Waals surface area (Å²) in [4.78, 5) is 18.0. The second-order valence-corrected chi connectivity index (χ2v) is 11.5. The number of aliphatic imine (C=N–C) groups is 1. The van der Waals surface area contributed by atoms with E-state index < -0.39 is 27.6 Å². The maximum absolute atomic E-state index is 14.7. The number of anilines is 1. The SMILES string of the molecule is O=C(COc1ccc(Cl)cc1)N=C1S[C@H]2CS(=O)(=O)C[C@H]2N1c1ccc(Br)cc1F. The molecule has 0 spiro atoms. The quantitative estimate of drug-likeness (QED) is 0.593. The van der Waals surface area contributed by atoms with Crippen molar-refractivity contribution < 1.29 is 22.3 Å². The smallest absolute Gasteiger partial charge is 0.285 e. The fraction of sp³-hybridized carbons (Fsp3) is 0.263. The molecule has 0 bridgehead atoms. The van der Waals surface area contributed by atoms with E-state index >= 15 is 0 Å². The number of carbonyl (C=O) groups excluding carboxylic acids is 1. The summed E-state index contributed by atoms with van der Waals surface area (Å²) in [6, 6.07) is 10.5. The molecule has 2 fully saturated rings. The predicted molar refractivity (Wildman–Crippen MR) is 120 cm³/mol. The zero-order chi connectivity index (χ0) is 21.5. The summed E-state index contributed by atoms with van der Waals surface area (Å²) < 4.78 is 44.8. The normalized spacial score (nSPS) is 23.6. The highest BCUT2D eigenvalue weighted by Gasteiger charge is 2.50. The molecule has 0 aliphatic carbocycles. The lowest BCUT2D eigenvalue weighted by Crippen LogP contribution is -2.38. The van der Waals surface area contributed by atoms with Gasteiger partial charge in [0.2, 0.25) is 0 Å². The van der Waals surface area contributed by atoms with Gasteiger partial charge in [-0.2, -0.15) is 4.99 Å². The second-order valence-electron chi connectivity index (χ2n) is 6.80. The highest BCUT2D eigenvalue weighted by molar-refractivity contribution is 9.10. The summed E-state index contributed by atoms with van der Waals surface area (Å²) in [5.74, 6) is -0.781.